The van der Waals surface area contributed by atoms with Gasteiger partial charge < -0.3 is 5.32 Å². The van der Waals surface area contributed by atoms with Crippen LogP contribution in [0.3, 0.4) is 0 Å². The summed E-state index contributed by atoms with van der Waals surface area (Å²) in [5, 5.41) is 21.6. The SMILES string of the molecule is Cc1nnc(SCC(=O)Nc2ccccc2Sc2ccc(Cl)cc2)c(C#N)c1C. The fraction of sp³-hybridized carbons (Fsp3) is 0.143. The van der Waals surface area contributed by atoms with Crippen molar-refractivity contribution in [1.82, 2.24) is 10.2 Å². The highest BCUT2D eigenvalue weighted by atomic mass is 35.5. The summed E-state index contributed by atoms with van der Waals surface area (Å²) in [5.74, 6) is -0.0469. The zero-order valence-corrected chi connectivity index (χ0v) is 18.2. The zero-order valence-electron chi connectivity index (χ0n) is 15.8. The Balaban J connectivity index is 1.68. The van der Waals surface area contributed by atoms with Crippen molar-refractivity contribution in [2.24, 2.45) is 0 Å². The van der Waals surface area contributed by atoms with E-state index in [4.69, 9.17) is 11.6 Å². The van der Waals surface area contributed by atoms with Gasteiger partial charge in [0.05, 0.1) is 22.7 Å². The van der Waals surface area contributed by atoms with Gasteiger partial charge in [-0.2, -0.15) is 10.4 Å². The van der Waals surface area contributed by atoms with Gasteiger partial charge in [0.1, 0.15) is 11.1 Å². The number of rotatable bonds is 6. The van der Waals surface area contributed by atoms with E-state index in [1.165, 1.54) is 11.8 Å². The normalized spacial score (nSPS) is 10.4. The number of nitriles is 1. The molecule has 2 aromatic carbocycles. The standard InChI is InChI=1S/C21H17ClN4OS2/c1-13-14(2)25-26-21(17(13)11-23)28-12-20(27)24-18-5-3-4-6-19(18)29-16-9-7-15(22)8-10-16/h3-10H,12H2,1-2H3,(H,24,27). The summed E-state index contributed by atoms with van der Waals surface area (Å²) in [6, 6.07) is 17.3. The first-order valence-electron chi connectivity index (χ1n) is 8.67. The number of thioether (sulfide) groups is 1. The molecule has 0 unspecified atom stereocenters. The van der Waals surface area contributed by atoms with Crippen LogP contribution in [-0.4, -0.2) is 21.9 Å². The fourth-order valence-corrected chi connectivity index (χ4v) is 4.24. The number of para-hydroxylation sites is 1. The Bertz CT molecular complexity index is 1080. The molecule has 5 nitrogen and oxygen atoms in total. The van der Waals surface area contributed by atoms with E-state index in [1.54, 1.807) is 18.7 Å². The van der Waals surface area contributed by atoms with Gasteiger partial charge in [-0.15, -0.1) is 5.10 Å². The molecule has 0 spiro atoms. The third-order valence-electron chi connectivity index (χ3n) is 4.08. The Morgan fingerprint density at radius 3 is 2.59 bits per heavy atom. The molecule has 1 aromatic heterocycles. The first-order chi connectivity index (χ1) is 14.0. The summed E-state index contributed by atoms with van der Waals surface area (Å²) in [6.07, 6.45) is 0. The number of aromatic nitrogens is 2. The number of benzene rings is 2. The van der Waals surface area contributed by atoms with Crippen molar-refractivity contribution in [3.8, 4) is 6.07 Å². The minimum atomic E-state index is -0.178. The second-order valence-corrected chi connectivity index (χ2v) is 8.61. The molecule has 1 amide bonds. The van der Waals surface area contributed by atoms with Crippen molar-refractivity contribution >= 4 is 46.7 Å². The molecule has 0 aliphatic heterocycles. The molecule has 0 fully saturated rings. The number of amides is 1. The number of hydrogen-bond donors (Lipinski definition) is 1. The molecule has 29 heavy (non-hydrogen) atoms. The quantitative estimate of drug-likeness (QED) is 0.510. The van der Waals surface area contributed by atoms with E-state index in [1.807, 2.05) is 55.5 Å². The molecule has 3 rings (SSSR count). The Morgan fingerprint density at radius 2 is 1.86 bits per heavy atom. The van der Waals surface area contributed by atoms with Crippen LogP contribution in [0.15, 0.2) is 63.3 Å². The number of anilines is 1. The van der Waals surface area contributed by atoms with Crippen molar-refractivity contribution < 1.29 is 4.79 Å². The van der Waals surface area contributed by atoms with E-state index in [9.17, 15) is 10.1 Å². The maximum Gasteiger partial charge on any atom is 0.234 e. The lowest BCUT2D eigenvalue weighted by Gasteiger charge is -2.11. The van der Waals surface area contributed by atoms with Crippen LogP contribution in [0, 0.1) is 25.2 Å². The number of aryl methyl sites for hydroxylation is 1. The van der Waals surface area contributed by atoms with Gasteiger partial charge in [-0.3, -0.25) is 4.79 Å². The summed E-state index contributed by atoms with van der Waals surface area (Å²) < 4.78 is 0. The highest BCUT2D eigenvalue weighted by Gasteiger charge is 2.14. The molecule has 1 heterocycles. The molecule has 0 saturated heterocycles. The lowest BCUT2D eigenvalue weighted by Crippen LogP contribution is -2.15. The molecular formula is C21H17ClN4OS2. The summed E-state index contributed by atoms with van der Waals surface area (Å²) in [4.78, 5) is 14.4. The minimum Gasteiger partial charge on any atom is -0.324 e. The topological polar surface area (TPSA) is 78.7 Å². The Hall–Kier alpha value is -2.53. The lowest BCUT2D eigenvalue weighted by atomic mass is 10.1. The second kappa shape index (κ2) is 9.79. The average molecular weight is 441 g/mol. The van der Waals surface area contributed by atoms with Crippen molar-refractivity contribution in [2.75, 3.05) is 11.1 Å². The predicted molar refractivity (Wildman–Crippen MR) is 118 cm³/mol. The van der Waals surface area contributed by atoms with Gasteiger partial charge >= 0.3 is 0 Å². The monoisotopic (exact) mass is 440 g/mol. The van der Waals surface area contributed by atoms with Crippen LogP contribution >= 0.6 is 35.1 Å². The highest BCUT2D eigenvalue weighted by Crippen LogP contribution is 2.34. The van der Waals surface area contributed by atoms with Gasteiger partial charge in [0, 0.05) is 14.8 Å². The summed E-state index contributed by atoms with van der Waals surface area (Å²) >= 11 is 8.69. The number of hydrogen-bond acceptors (Lipinski definition) is 6. The fourth-order valence-electron chi connectivity index (χ4n) is 2.43. The molecule has 0 bridgehead atoms. The summed E-state index contributed by atoms with van der Waals surface area (Å²) in [5.41, 5.74) is 2.69. The van der Waals surface area contributed by atoms with E-state index < -0.39 is 0 Å². The van der Waals surface area contributed by atoms with Gasteiger partial charge in [-0.25, -0.2) is 0 Å². The van der Waals surface area contributed by atoms with E-state index >= 15 is 0 Å². The lowest BCUT2D eigenvalue weighted by molar-refractivity contribution is -0.113. The average Bonchev–Trinajstić information content (AvgIpc) is 2.72. The van der Waals surface area contributed by atoms with E-state index in [-0.39, 0.29) is 11.7 Å². The van der Waals surface area contributed by atoms with Gasteiger partial charge in [0.2, 0.25) is 5.91 Å². The third kappa shape index (κ3) is 5.51. The number of nitrogens with zero attached hydrogens (tertiary/aromatic N) is 3. The van der Waals surface area contributed by atoms with Crippen LogP contribution in [0.25, 0.3) is 0 Å². The first kappa shape index (κ1) is 21.2. The zero-order chi connectivity index (χ0) is 20.8. The highest BCUT2D eigenvalue weighted by molar-refractivity contribution is 8.00. The Morgan fingerprint density at radius 1 is 1.14 bits per heavy atom. The van der Waals surface area contributed by atoms with Crippen LogP contribution in [0.1, 0.15) is 16.8 Å². The molecule has 0 aliphatic rings. The third-order valence-corrected chi connectivity index (χ3v) is 6.38. The maximum absolute atomic E-state index is 12.5. The molecule has 3 aromatic rings. The Labute approximate surface area is 182 Å². The van der Waals surface area contributed by atoms with E-state index in [0.717, 1.165) is 21.0 Å². The predicted octanol–water partition coefficient (Wildman–Crippen LogP) is 5.50. The largest absolute Gasteiger partial charge is 0.324 e. The van der Waals surface area contributed by atoms with Crippen molar-refractivity contribution in [1.29, 1.82) is 5.26 Å². The molecule has 0 atom stereocenters. The van der Waals surface area contributed by atoms with E-state index in [2.05, 4.69) is 21.6 Å². The van der Waals surface area contributed by atoms with Crippen molar-refractivity contribution in [2.45, 2.75) is 28.7 Å². The van der Waals surface area contributed by atoms with Gasteiger partial charge in [0.25, 0.3) is 0 Å². The van der Waals surface area contributed by atoms with Gasteiger partial charge in [0.15, 0.2) is 0 Å². The molecular weight excluding hydrogens is 424 g/mol. The number of carbonyl (C=O) groups excluding carboxylic acids is 1. The summed E-state index contributed by atoms with van der Waals surface area (Å²) in [6.45, 7) is 3.64. The molecule has 146 valence electrons. The molecule has 0 aliphatic carbocycles. The Kier molecular flexibility index (Phi) is 7.15. The molecule has 0 radical (unpaired) electrons. The second-order valence-electron chi connectivity index (χ2n) is 6.09. The van der Waals surface area contributed by atoms with Crippen LogP contribution in [0.4, 0.5) is 5.69 Å². The number of carbonyl (C=O) groups is 1. The minimum absolute atomic E-state index is 0.131. The van der Waals surface area contributed by atoms with Crippen LogP contribution in [-0.2, 0) is 4.79 Å². The van der Waals surface area contributed by atoms with Crippen LogP contribution in [0.5, 0.6) is 0 Å². The molecule has 8 heteroatoms. The molecule has 0 saturated carbocycles. The van der Waals surface area contributed by atoms with Crippen LogP contribution in [0.2, 0.25) is 5.02 Å². The smallest absolute Gasteiger partial charge is 0.234 e. The maximum atomic E-state index is 12.5. The van der Waals surface area contributed by atoms with E-state index in [0.29, 0.717) is 21.3 Å². The number of nitrogens with one attached hydrogen (secondary N) is 1. The summed E-state index contributed by atoms with van der Waals surface area (Å²) in [7, 11) is 0. The van der Waals surface area contributed by atoms with Gasteiger partial charge in [-0.1, -0.05) is 47.3 Å². The molecule has 1 N–H and O–H groups in total. The van der Waals surface area contributed by atoms with Gasteiger partial charge in [-0.05, 0) is 55.8 Å². The van der Waals surface area contributed by atoms with Crippen molar-refractivity contribution in [3.63, 3.8) is 0 Å². The van der Waals surface area contributed by atoms with Crippen LogP contribution < -0.4 is 5.32 Å². The first-order valence-corrected chi connectivity index (χ1v) is 10.8. The number of halogens is 1. The van der Waals surface area contributed by atoms with Crippen molar-refractivity contribution in [3.05, 3.63) is 70.4 Å².